The fourth-order valence-corrected chi connectivity index (χ4v) is 4.05. The number of rotatable bonds is 6. The number of nitrogens with one attached hydrogen (secondary N) is 2. The Hall–Kier alpha value is -2.31. The van der Waals surface area contributed by atoms with E-state index in [1.54, 1.807) is 13.2 Å². The van der Waals surface area contributed by atoms with Crippen molar-refractivity contribution < 1.29 is 9.53 Å². The van der Waals surface area contributed by atoms with Gasteiger partial charge >= 0.3 is 0 Å². The first-order valence-electron chi connectivity index (χ1n) is 10.5. The molecule has 1 atom stereocenters. The van der Waals surface area contributed by atoms with E-state index in [-0.39, 0.29) is 12.0 Å². The molecule has 154 valence electrons. The number of amides is 1. The molecule has 1 aromatic heterocycles. The number of aromatic nitrogens is 1. The van der Waals surface area contributed by atoms with Crippen molar-refractivity contribution in [1.82, 2.24) is 20.5 Å². The summed E-state index contributed by atoms with van der Waals surface area (Å²) in [5, 5.41) is 6.80. The van der Waals surface area contributed by atoms with Crippen LogP contribution in [0.2, 0.25) is 0 Å². The zero-order valence-corrected chi connectivity index (χ0v) is 17.1. The molecular formula is C21H33N5O2. The second-order valence-corrected chi connectivity index (χ2v) is 7.61. The Bertz CT molecular complexity index is 673. The second kappa shape index (κ2) is 10.3. The van der Waals surface area contributed by atoms with Gasteiger partial charge in [-0.1, -0.05) is 19.3 Å². The Labute approximate surface area is 168 Å². The lowest BCUT2D eigenvalue weighted by Gasteiger charge is -2.26. The predicted octanol–water partition coefficient (Wildman–Crippen LogP) is 2.33. The molecule has 1 aliphatic heterocycles. The van der Waals surface area contributed by atoms with Crippen molar-refractivity contribution in [2.75, 3.05) is 26.7 Å². The molecule has 0 aromatic carbocycles. The van der Waals surface area contributed by atoms with Gasteiger partial charge in [-0.3, -0.25) is 9.79 Å². The van der Waals surface area contributed by atoms with Gasteiger partial charge in [0.05, 0.1) is 6.61 Å². The van der Waals surface area contributed by atoms with Gasteiger partial charge in [0.2, 0.25) is 11.8 Å². The lowest BCUT2D eigenvalue weighted by molar-refractivity contribution is -0.135. The molecule has 0 bridgehead atoms. The largest absolute Gasteiger partial charge is 0.478 e. The molecular weight excluding hydrogens is 354 g/mol. The number of carbonyl (C=O) groups is 1. The van der Waals surface area contributed by atoms with Gasteiger partial charge in [-0.2, -0.15) is 0 Å². The van der Waals surface area contributed by atoms with Crippen molar-refractivity contribution >= 4 is 11.9 Å². The van der Waals surface area contributed by atoms with Gasteiger partial charge in [0.15, 0.2) is 5.96 Å². The quantitative estimate of drug-likeness (QED) is 0.579. The van der Waals surface area contributed by atoms with Crippen molar-refractivity contribution in [2.45, 2.75) is 58.0 Å². The molecule has 0 radical (unpaired) electrons. The summed E-state index contributed by atoms with van der Waals surface area (Å²) in [6, 6.07) is 4.14. The Balaban J connectivity index is 1.46. The van der Waals surface area contributed by atoms with E-state index in [0.717, 1.165) is 43.9 Å². The second-order valence-electron chi connectivity index (χ2n) is 7.61. The highest BCUT2D eigenvalue weighted by molar-refractivity contribution is 5.81. The number of aliphatic imine (C=N–C) groups is 1. The van der Waals surface area contributed by atoms with Crippen LogP contribution in [0.1, 0.15) is 51.0 Å². The third-order valence-corrected chi connectivity index (χ3v) is 5.57. The number of pyridine rings is 1. The fourth-order valence-electron chi connectivity index (χ4n) is 4.05. The van der Waals surface area contributed by atoms with Crippen molar-refractivity contribution in [3.63, 3.8) is 0 Å². The molecule has 7 heteroatoms. The maximum Gasteiger partial charge on any atom is 0.225 e. The Morgan fingerprint density at radius 1 is 1.32 bits per heavy atom. The standard InChI is InChI=1S/C21H33N5O2/c1-3-28-19-13-16(9-11-23-19)14-24-21(22-2)25-18-10-12-26(15-18)20(27)17-7-5-4-6-8-17/h9,11,13,17-18H,3-8,10,12,14-15H2,1-2H3,(H2,22,24,25). The average molecular weight is 388 g/mol. The van der Waals surface area contributed by atoms with E-state index in [4.69, 9.17) is 4.74 Å². The lowest BCUT2D eigenvalue weighted by Crippen LogP contribution is -2.45. The number of guanidine groups is 1. The SMILES string of the molecule is CCOc1cc(CNC(=NC)NC2CCN(C(=O)C3CCCCC3)C2)ccn1. The van der Waals surface area contributed by atoms with Crippen LogP contribution in [0.5, 0.6) is 5.88 Å². The normalized spacial score (nSPS) is 20.9. The Morgan fingerprint density at radius 3 is 2.89 bits per heavy atom. The number of likely N-dealkylation sites (tertiary alicyclic amines) is 1. The van der Waals surface area contributed by atoms with Crippen LogP contribution in [-0.2, 0) is 11.3 Å². The molecule has 2 fully saturated rings. The molecule has 2 N–H and O–H groups in total. The summed E-state index contributed by atoms with van der Waals surface area (Å²) in [6.07, 6.45) is 8.51. The molecule has 1 unspecified atom stereocenters. The third kappa shape index (κ3) is 5.59. The van der Waals surface area contributed by atoms with Crippen LogP contribution in [0.15, 0.2) is 23.3 Å². The van der Waals surface area contributed by atoms with Gasteiger partial charge in [-0.05, 0) is 37.8 Å². The molecule has 1 aliphatic carbocycles. The van der Waals surface area contributed by atoms with Crippen molar-refractivity contribution in [1.29, 1.82) is 0 Å². The van der Waals surface area contributed by atoms with Gasteiger partial charge in [-0.15, -0.1) is 0 Å². The minimum Gasteiger partial charge on any atom is -0.478 e. The lowest BCUT2D eigenvalue weighted by atomic mass is 9.88. The summed E-state index contributed by atoms with van der Waals surface area (Å²) in [6.45, 7) is 4.79. The maximum atomic E-state index is 12.7. The van der Waals surface area contributed by atoms with Crippen LogP contribution >= 0.6 is 0 Å². The van der Waals surface area contributed by atoms with E-state index < -0.39 is 0 Å². The van der Waals surface area contributed by atoms with Crippen molar-refractivity contribution in [2.24, 2.45) is 10.9 Å². The topological polar surface area (TPSA) is 78.9 Å². The number of ether oxygens (including phenoxy) is 1. The highest BCUT2D eigenvalue weighted by Crippen LogP contribution is 2.26. The smallest absolute Gasteiger partial charge is 0.225 e. The first-order valence-corrected chi connectivity index (χ1v) is 10.5. The van der Waals surface area contributed by atoms with Crippen LogP contribution in [0.25, 0.3) is 0 Å². The number of hydrogen-bond acceptors (Lipinski definition) is 4. The minimum absolute atomic E-state index is 0.246. The molecule has 28 heavy (non-hydrogen) atoms. The van der Waals surface area contributed by atoms with Gasteiger partial charge < -0.3 is 20.3 Å². The van der Waals surface area contributed by atoms with Gasteiger partial charge in [-0.25, -0.2) is 4.98 Å². The molecule has 1 amide bonds. The predicted molar refractivity (Wildman–Crippen MR) is 110 cm³/mol. The van der Waals surface area contributed by atoms with Crippen molar-refractivity contribution in [3.05, 3.63) is 23.9 Å². The fraction of sp³-hybridized carbons (Fsp3) is 0.667. The summed E-state index contributed by atoms with van der Waals surface area (Å²) >= 11 is 0. The van der Waals surface area contributed by atoms with E-state index in [9.17, 15) is 4.79 Å². The van der Waals surface area contributed by atoms with Crippen molar-refractivity contribution in [3.8, 4) is 5.88 Å². The van der Waals surface area contributed by atoms with E-state index in [1.165, 1.54) is 19.3 Å². The zero-order valence-electron chi connectivity index (χ0n) is 17.1. The summed E-state index contributed by atoms with van der Waals surface area (Å²) in [4.78, 5) is 23.3. The number of hydrogen-bond donors (Lipinski definition) is 2. The monoisotopic (exact) mass is 387 g/mol. The van der Waals surface area contributed by atoms with E-state index in [2.05, 4.69) is 20.6 Å². The molecule has 3 rings (SSSR count). The summed E-state index contributed by atoms with van der Waals surface area (Å²) < 4.78 is 5.45. The Morgan fingerprint density at radius 2 is 2.14 bits per heavy atom. The van der Waals surface area contributed by atoms with E-state index >= 15 is 0 Å². The highest BCUT2D eigenvalue weighted by atomic mass is 16.5. The molecule has 2 aliphatic rings. The summed E-state index contributed by atoms with van der Waals surface area (Å²) in [5.74, 6) is 1.99. The maximum absolute atomic E-state index is 12.7. The molecule has 7 nitrogen and oxygen atoms in total. The first kappa shape index (κ1) is 20.4. The molecule has 2 heterocycles. The number of carbonyl (C=O) groups excluding carboxylic acids is 1. The summed E-state index contributed by atoms with van der Waals surface area (Å²) in [7, 11) is 1.77. The van der Waals surface area contributed by atoms with Crippen LogP contribution < -0.4 is 15.4 Å². The van der Waals surface area contributed by atoms with Crippen LogP contribution in [0.4, 0.5) is 0 Å². The van der Waals surface area contributed by atoms with E-state index in [1.807, 2.05) is 24.0 Å². The highest BCUT2D eigenvalue weighted by Gasteiger charge is 2.31. The molecule has 1 saturated carbocycles. The van der Waals surface area contributed by atoms with Crippen LogP contribution in [0.3, 0.4) is 0 Å². The van der Waals surface area contributed by atoms with Gasteiger partial charge in [0, 0.05) is 50.9 Å². The third-order valence-electron chi connectivity index (χ3n) is 5.57. The van der Waals surface area contributed by atoms with Gasteiger partial charge in [0.25, 0.3) is 0 Å². The zero-order chi connectivity index (χ0) is 19.8. The van der Waals surface area contributed by atoms with Crippen LogP contribution in [0, 0.1) is 5.92 Å². The first-order chi connectivity index (χ1) is 13.7. The molecule has 1 aromatic rings. The average Bonchev–Trinajstić information content (AvgIpc) is 3.20. The van der Waals surface area contributed by atoms with Crippen LogP contribution in [-0.4, -0.2) is 54.5 Å². The number of nitrogens with zero attached hydrogens (tertiary/aromatic N) is 3. The molecule has 1 saturated heterocycles. The van der Waals surface area contributed by atoms with E-state index in [0.29, 0.717) is 24.9 Å². The molecule has 0 spiro atoms. The Kier molecular flexibility index (Phi) is 7.51. The summed E-state index contributed by atoms with van der Waals surface area (Å²) in [5.41, 5.74) is 1.09. The minimum atomic E-state index is 0.246. The van der Waals surface area contributed by atoms with Gasteiger partial charge in [0.1, 0.15) is 0 Å².